The van der Waals surface area contributed by atoms with Crippen molar-refractivity contribution in [3.63, 3.8) is 0 Å². The van der Waals surface area contributed by atoms with Crippen molar-refractivity contribution in [1.29, 1.82) is 0 Å². The number of aryl methyl sites for hydroxylation is 2. The molecule has 1 aliphatic heterocycles. The molecule has 5 nitrogen and oxygen atoms in total. The Labute approximate surface area is 238 Å². The maximum atomic E-state index is 10.5. The Balaban J connectivity index is 0.000000242. The van der Waals surface area contributed by atoms with E-state index in [0.29, 0.717) is 9.65 Å². The van der Waals surface area contributed by atoms with Crippen LogP contribution in [-0.2, 0) is 14.3 Å². The molecule has 3 heterocycles. The first-order valence-electron chi connectivity index (χ1n) is 12.7. The molecule has 2 aromatic heterocycles. The summed E-state index contributed by atoms with van der Waals surface area (Å²) < 4.78 is 4.85. The number of hydrogen-bond acceptors (Lipinski definition) is 5. The predicted molar refractivity (Wildman–Crippen MR) is 157 cm³/mol. The summed E-state index contributed by atoms with van der Waals surface area (Å²) in [5.41, 5.74) is 7.04. The Hall–Kier alpha value is -4.00. The number of pyridine rings is 2. The Morgan fingerprint density at radius 3 is 1.41 bits per heavy atom. The number of carbonyl (C=O) groups is 2. The number of cyclic esters (lactones) is 2. The van der Waals surface area contributed by atoms with Gasteiger partial charge in [-0.25, -0.2) is 9.97 Å². The van der Waals surface area contributed by atoms with Crippen LogP contribution < -0.4 is 0 Å². The van der Waals surface area contributed by atoms with E-state index in [4.69, 9.17) is 9.97 Å². The summed E-state index contributed by atoms with van der Waals surface area (Å²) in [6.45, 7) is 4.28. The molecule has 5 aromatic carbocycles. The van der Waals surface area contributed by atoms with E-state index in [1.54, 1.807) is 0 Å². The van der Waals surface area contributed by atoms with Gasteiger partial charge in [0.2, 0.25) is 0 Å². The Morgan fingerprint density at radius 2 is 1.03 bits per heavy atom. The zero-order valence-corrected chi connectivity index (χ0v) is 24.4. The number of rotatable bonds is 1. The first-order valence-corrected chi connectivity index (χ1v) is 14.9. The first-order chi connectivity index (χ1) is 19.0. The Bertz CT molecular complexity index is 2070. The predicted octanol–water partition coefficient (Wildman–Crippen LogP) is 7.03. The van der Waals surface area contributed by atoms with E-state index >= 15 is 0 Å². The summed E-state index contributed by atoms with van der Waals surface area (Å²) in [5.74, 6) is -1.01. The summed E-state index contributed by atoms with van der Waals surface area (Å²) in [6, 6.07) is 26.2. The van der Waals surface area contributed by atoms with Gasteiger partial charge in [0, 0.05) is 21.5 Å². The van der Waals surface area contributed by atoms with Gasteiger partial charge in [0.25, 0.3) is 0 Å². The molecule has 0 fully saturated rings. The fraction of sp³-hybridized carbons (Fsp3) is 0.0909. The molecule has 6 heteroatoms. The van der Waals surface area contributed by atoms with Crippen LogP contribution in [0.1, 0.15) is 11.1 Å². The fourth-order valence-corrected chi connectivity index (χ4v) is 6.51. The quantitative estimate of drug-likeness (QED) is 0.0796. The zero-order chi connectivity index (χ0) is 26.8. The molecule has 0 N–H and O–H groups in total. The molecular formula is C33H21N2O3Po. The van der Waals surface area contributed by atoms with Gasteiger partial charge in [-0.3, -0.25) is 0 Å². The number of para-hydroxylation sites is 2. The molecule has 1 aliphatic rings. The molecule has 7 aromatic rings. The second kappa shape index (κ2) is 9.04. The van der Waals surface area contributed by atoms with Crippen LogP contribution in [0.25, 0.3) is 65.2 Å². The van der Waals surface area contributed by atoms with E-state index in [1.807, 2.05) is 0 Å². The number of carbonyl (C=O) groups excluding carboxylic acids is 2. The molecule has 187 valence electrons. The zero-order valence-electron chi connectivity index (χ0n) is 21.2. The average molecular weight is 703 g/mol. The van der Waals surface area contributed by atoms with E-state index in [-0.39, 0.29) is 0 Å². The Kier molecular flexibility index (Phi) is 5.58. The van der Waals surface area contributed by atoms with Crippen LogP contribution in [-0.4, -0.2) is 47.0 Å². The van der Waals surface area contributed by atoms with Gasteiger partial charge in [-0.05, 0) is 46.5 Å². The van der Waals surface area contributed by atoms with Crippen LogP contribution in [0.15, 0.2) is 84.4 Å². The third-order valence-corrected chi connectivity index (χ3v) is 8.73. The third kappa shape index (κ3) is 3.62. The minimum atomic E-state index is -0.531. The van der Waals surface area contributed by atoms with Crippen molar-refractivity contribution < 1.29 is 14.3 Å². The van der Waals surface area contributed by atoms with E-state index in [1.165, 1.54) is 85.4 Å². The van der Waals surface area contributed by atoms with Gasteiger partial charge >= 0.3 is 67.1 Å². The molecule has 39 heavy (non-hydrogen) atoms. The second-order valence-corrected chi connectivity index (χ2v) is 11.0. The molecule has 0 unspecified atom stereocenters. The number of nitrogens with zero attached hydrogens (tertiary/aromatic N) is 2. The maximum absolute atomic E-state index is 10.5. The van der Waals surface area contributed by atoms with Gasteiger partial charge < -0.3 is 0 Å². The minimum absolute atomic E-state index is 0.477. The van der Waals surface area contributed by atoms with E-state index in [9.17, 15) is 9.59 Å². The van der Waals surface area contributed by atoms with Crippen LogP contribution in [0, 0.1) is 13.8 Å². The van der Waals surface area contributed by atoms with E-state index in [2.05, 4.69) is 91.4 Å². The summed E-state index contributed by atoms with van der Waals surface area (Å²) in [6.07, 6.45) is 1.25. The van der Waals surface area contributed by atoms with Crippen molar-refractivity contribution in [3.05, 3.63) is 95.6 Å². The van der Waals surface area contributed by atoms with Crippen molar-refractivity contribution in [2.24, 2.45) is 0 Å². The SMILES string of the molecule is Cc1cccc2c1nc1c3nc4c(C)cccc4c4cccc(c5cccc2c51)c43.O=C1C=C([CH2][Po])C(=O)O1. The molecular weight excluding hydrogens is 681 g/mol. The van der Waals surface area contributed by atoms with Crippen molar-refractivity contribution in [1.82, 2.24) is 9.97 Å². The molecule has 0 saturated heterocycles. The van der Waals surface area contributed by atoms with Gasteiger partial charge in [-0.2, -0.15) is 0 Å². The normalized spacial score (nSPS) is 13.6. The number of fused-ring (bicyclic) bond motifs is 6. The molecule has 0 bridgehead atoms. The summed E-state index contributed by atoms with van der Waals surface area (Å²) >= 11 is 1.25. The number of hydrogen-bond donors (Lipinski definition) is 0. The molecule has 0 amide bonds. The Morgan fingerprint density at radius 1 is 0.615 bits per heavy atom. The van der Waals surface area contributed by atoms with E-state index in [0.717, 1.165) is 22.1 Å². The van der Waals surface area contributed by atoms with Gasteiger partial charge in [-0.1, -0.05) is 72.8 Å². The second-order valence-electron chi connectivity index (χ2n) is 9.84. The fourth-order valence-electron chi connectivity index (χ4n) is 5.73. The van der Waals surface area contributed by atoms with Crippen molar-refractivity contribution in [2.45, 2.75) is 17.9 Å². The monoisotopic (exact) mass is 702 g/mol. The third-order valence-electron chi connectivity index (χ3n) is 7.52. The van der Waals surface area contributed by atoms with Crippen molar-refractivity contribution in [3.8, 4) is 0 Å². The number of benzene rings is 5. The van der Waals surface area contributed by atoms with Crippen LogP contribution >= 0.6 is 0 Å². The molecule has 1 radical (unpaired) electrons. The van der Waals surface area contributed by atoms with Crippen LogP contribution in [0.3, 0.4) is 0 Å². The molecule has 0 atom stereocenters. The topological polar surface area (TPSA) is 69.2 Å². The van der Waals surface area contributed by atoms with Crippen molar-refractivity contribution in [2.75, 3.05) is 0 Å². The number of ether oxygens (including phenoxy) is 1. The molecule has 0 aliphatic carbocycles. The molecule has 8 rings (SSSR count). The summed E-state index contributed by atoms with van der Waals surface area (Å²) in [5, 5.41) is 9.88. The number of esters is 2. The van der Waals surface area contributed by atoms with Crippen LogP contribution in [0.4, 0.5) is 0 Å². The standard InChI is InChI=1S/C28H18N2.C5H3O3.Po/c1-15-7-3-13-21-19-11-5-9-17-18-10-6-12-20-22-14-4-8-16(2)26(22)30-28(24(18)20)27(23(17)19)29-25(15)21;1-3-2-4(6)8-5(3)7;/h3-14H,1-2H3;2H,1H2;. The molecule has 0 spiro atoms. The van der Waals surface area contributed by atoms with E-state index < -0.39 is 11.9 Å². The van der Waals surface area contributed by atoms with Gasteiger partial charge in [0.1, 0.15) is 0 Å². The summed E-state index contributed by atoms with van der Waals surface area (Å²) in [4.78, 5) is 31.3. The van der Waals surface area contributed by atoms with Gasteiger partial charge in [0.05, 0.1) is 22.1 Å². The average Bonchev–Trinajstić information content (AvgIpc) is 3.29. The number of aromatic nitrogens is 2. The van der Waals surface area contributed by atoms with Crippen LogP contribution in [0.5, 0.6) is 0 Å². The van der Waals surface area contributed by atoms with Gasteiger partial charge in [-0.15, -0.1) is 0 Å². The summed E-state index contributed by atoms with van der Waals surface area (Å²) in [7, 11) is 0. The van der Waals surface area contributed by atoms with Gasteiger partial charge in [0.15, 0.2) is 0 Å². The molecule has 0 saturated carbocycles. The van der Waals surface area contributed by atoms with Crippen molar-refractivity contribution >= 4 is 102 Å². The van der Waals surface area contributed by atoms with Crippen LogP contribution in [0.2, 0.25) is 4.08 Å². The first kappa shape index (κ1) is 24.1.